The van der Waals surface area contributed by atoms with E-state index in [1.165, 1.54) is 6.07 Å². The molecule has 0 spiro atoms. The molecule has 0 aliphatic carbocycles. The Hall–Kier alpha value is -1.09. The molecule has 102 valence electrons. The largest absolute Gasteiger partial charge is 0.493 e. The van der Waals surface area contributed by atoms with Gasteiger partial charge in [-0.2, -0.15) is 0 Å². The summed E-state index contributed by atoms with van der Waals surface area (Å²) in [4.78, 5) is 0. The molecule has 1 rings (SSSR count). The van der Waals surface area contributed by atoms with Gasteiger partial charge in [-0.05, 0) is 24.1 Å². The zero-order valence-electron chi connectivity index (χ0n) is 11.6. The molecule has 0 aromatic heterocycles. The molecular weight excluding hydrogens is 229 g/mol. The fourth-order valence-electron chi connectivity index (χ4n) is 1.67. The van der Waals surface area contributed by atoms with E-state index in [-0.39, 0.29) is 5.82 Å². The Morgan fingerprint density at radius 1 is 1.22 bits per heavy atom. The first-order chi connectivity index (χ1) is 8.61. The van der Waals surface area contributed by atoms with Gasteiger partial charge in [0.25, 0.3) is 0 Å². The van der Waals surface area contributed by atoms with E-state index in [0.29, 0.717) is 24.9 Å². The summed E-state index contributed by atoms with van der Waals surface area (Å²) in [5.74, 6) is 0.398. The maximum Gasteiger partial charge on any atom is 0.127 e. The van der Waals surface area contributed by atoms with Crippen molar-refractivity contribution in [3.05, 3.63) is 29.6 Å². The summed E-state index contributed by atoms with van der Waals surface area (Å²) in [7, 11) is 0. The highest BCUT2D eigenvalue weighted by molar-refractivity contribution is 5.29. The van der Waals surface area contributed by atoms with Gasteiger partial charge in [0.2, 0.25) is 0 Å². The molecule has 0 saturated heterocycles. The van der Waals surface area contributed by atoms with Crippen LogP contribution in [0.5, 0.6) is 5.75 Å². The van der Waals surface area contributed by atoms with Crippen LogP contribution in [0.2, 0.25) is 0 Å². The number of hydrogen-bond donors (Lipinski definition) is 1. The lowest BCUT2D eigenvalue weighted by molar-refractivity contribution is 0.304. The zero-order chi connectivity index (χ0) is 13.4. The third-order valence-corrected chi connectivity index (χ3v) is 2.66. The highest BCUT2D eigenvalue weighted by atomic mass is 19.1. The SMILES string of the molecule is CCCCCOc1cc(F)cc(CNC(C)C)c1. The van der Waals surface area contributed by atoms with Crippen LogP contribution in [0.1, 0.15) is 45.6 Å². The fraction of sp³-hybridized carbons (Fsp3) is 0.600. The number of nitrogens with one attached hydrogen (secondary N) is 1. The Morgan fingerprint density at radius 3 is 2.67 bits per heavy atom. The minimum Gasteiger partial charge on any atom is -0.493 e. The average Bonchev–Trinajstić information content (AvgIpc) is 2.32. The van der Waals surface area contributed by atoms with Crippen LogP contribution in [-0.4, -0.2) is 12.6 Å². The number of halogens is 1. The summed E-state index contributed by atoms with van der Waals surface area (Å²) in [6.45, 7) is 7.62. The standard InChI is InChI=1S/C15H24FNO/c1-4-5-6-7-18-15-9-13(8-14(16)10-15)11-17-12(2)3/h8-10,12,17H,4-7,11H2,1-3H3. The molecule has 3 heteroatoms. The van der Waals surface area contributed by atoms with Crippen LogP contribution >= 0.6 is 0 Å². The van der Waals surface area contributed by atoms with Gasteiger partial charge in [0.15, 0.2) is 0 Å². The van der Waals surface area contributed by atoms with Crippen LogP contribution in [-0.2, 0) is 6.54 Å². The van der Waals surface area contributed by atoms with Crippen molar-refractivity contribution < 1.29 is 9.13 Å². The Balaban J connectivity index is 2.51. The molecule has 0 aliphatic rings. The van der Waals surface area contributed by atoms with Gasteiger partial charge in [0.05, 0.1) is 6.61 Å². The van der Waals surface area contributed by atoms with Crippen LogP contribution < -0.4 is 10.1 Å². The molecule has 0 fully saturated rings. The molecule has 18 heavy (non-hydrogen) atoms. The molecule has 2 nitrogen and oxygen atoms in total. The van der Waals surface area contributed by atoms with Crippen molar-refractivity contribution >= 4 is 0 Å². The summed E-state index contributed by atoms with van der Waals surface area (Å²) in [5, 5.41) is 3.27. The van der Waals surface area contributed by atoms with Crippen LogP contribution in [0, 0.1) is 5.82 Å². The lowest BCUT2D eigenvalue weighted by atomic mass is 10.2. The molecule has 0 saturated carbocycles. The summed E-state index contributed by atoms with van der Waals surface area (Å²) >= 11 is 0. The zero-order valence-corrected chi connectivity index (χ0v) is 11.6. The summed E-state index contributed by atoms with van der Waals surface area (Å²) in [6, 6.07) is 5.30. The third kappa shape index (κ3) is 6.01. The smallest absolute Gasteiger partial charge is 0.127 e. The minimum absolute atomic E-state index is 0.233. The molecular formula is C15H24FNO. The summed E-state index contributed by atoms with van der Waals surface area (Å²) in [5.41, 5.74) is 0.925. The first kappa shape index (κ1) is 15.0. The fourth-order valence-corrected chi connectivity index (χ4v) is 1.67. The molecule has 0 amide bonds. The molecule has 0 aliphatic heterocycles. The van der Waals surface area contributed by atoms with Crippen molar-refractivity contribution in [2.45, 2.75) is 52.6 Å². The molecule has 0 heterocycles. The van der Waals surface area contributed by atoms with Crippen molar-refractivity contribution in [1.29, 1.82) is 0 Å². The van der Waals surface area contributed by atoms with Crippen LogP contribution in [0.25, 0.3) is 0 Å². The minimum atomic E-state index is -0.233. The Morgan fingerprint density at radius 2 is 2.00 bits per heavy atom. The lowest BCUT2D eigenvalue weighted by Crippen LogP contribution is -2.21. The molecule has 0 bridgehead atoms. The third-order valence-electron chi connectivity index (χ3n) is 2.66. The van der Waals surface area contributed by atoms with E-state index >= 15 is 0 Å². The van der Waals surface area contributed by atoms with E-state index in [2.05, 4.69) is 26.1 Å². The highest BCUT2D eigenvalue weighted by Gasteiger charge is 2.03. The first-order valence-corrected chi connectivity index (χ1v) is 6.77. The Kier molecular flexibility index (Phi) is 6.73. The van der Waals surface area contributed by atoms with Gasteiger partial charge >= 0.3 is 0 Å². The number of benzene rings is 1. The van der Waals surface area contributed by atoms with Gasteiger partial charge in [-0.15, -0.1) is 0 Å². The van der Waals surface area contributed by atoms with E-state index < -0.39 is 0 Å². The topological polar surface area (TPSA) is 21.3 Å². The second kappa shape index (κ2) is 8.09. The summed E-state index contributed by atoms with van der Waals surface area (Å²) < 4.78 is 19.0. The summed E-state index contributed by atoms with van der Waals surface area (Å²) in [6.07, 6.45) is 3.33. The van der Waals surface area contributed by atoms with E-state index in [1.54, 1.807) is 6.07 Å². The van der Waals surface area contributed by atoms with Gasteiger partial charge in [0, 0.05) is 18.7 Å². The molecule has 0 atom stereocenters. The lowest BCUT2D eigenvalue weighted by Gasteiger charge is -2.11. The van der Waals surface area contributed by atoms with E-state index in [0.717, 1.165) is 24.8 Å². The van der Waals surface area contributed by atoms with Gasteiger partial charge in [-0.1, -0.05) is 33.6 Å². The predicted octanol–water partition coefficient (Wildman–Crippen LogP) is 3.89. The predicted molar refractivity (Wildman–Crippen MR) is 73.4 cm³/mol. The van der Waals surface area contributed by atoms with Crippen LogP contribution in [0.4, 0.5) is 4.39 Å². The number of unbranched alkanes of at least 4 members (excludes halogenated alkanes) is 2. The van der Waals surface area contributed by atoms with E-state index in [4.69, 9.17) is 4.74 Å². The first-order valence-electron chi connectivity index (χ1n) is 6.77. The van der Waals surface area contributed by atoms with Crippen molar-refractivity contribution in [2.75, 3.05) is 6.61 Å². The van der Waals surface area contributed by atoms with Crippen molar-refractivity contribution in [1.82, 2.24) is 5.32 Å². The van der Waals surface area contributed by atoms with Crippen LogP contribution in [0.3, 0.4) is 0 Å². The number of rotatable bonds is 8. The average molecular weight is 253 g/mol. The number of ether oxygens (including phenoxy) is 1. The van der Waals surface area contributed by atoms with Crippen molar-refractivity contribution in [3.63, 3.8) is 0 Å². The molecule has 1 aromatic carbocycles. The number of hydrogen-bond acceptors (Lipinski definition) is 2. The van der Waals surface area contributed by atoms with Gasteiger partial charge in [0.1, 0.15) is 11.6 Å². The monoisotopic (exact) mass is 253 g/mol. The quantitative estimate of drug-likeness (QED) is 0.710. The maximum absolute atomic E-state index is 13.4. The van der Waals surface area contributed by atoms with Crippen molar-refractivity contribution in [3.8, 4) is 5.75 Å². The van der Waals surface area contributed by atoms with Gasteiger partial charge in [-0.3, -0.25) is 0 Å². The Bertz CT molecular complexity index is 352. The van der Waals surface area contributed by atoms with E-state index in [1.807, 2.05) is 6.07 Å². The molecule has 1 aromatic rings. The molecule has 0 radical (unpaired) electrons. The van der Waals surface area contributed by atoms with E-state index in [9.17, 15) is 4.39 Å². The second-order valence-corrected chi connectivity index (χ2v) is 4.89. The van der Waals surface area contributed by atoms with Crippen LogP contribution in [0.15, 0.2) is 18.2 Å². The Labute approximate surface area is 110 Å². The van der Waals surface area contributed by atoms with Crippen molar-refractivity contribution in [2.24, 2.45) is 0 Å². The normalized spacial score (nSPS) is 10.9. The highest BCUT2D eigenvalue weighted by Crippen LogP contribution is 2.17. The molecule has 1 N–H and O–H groups in total. The van der Waals surface area contributed by atoms with Gasteiger partial charge in [-0.25, -0.2) is 4.39 Å². The second-order valence-electron chi connectivity index (χ2n) is 4.89. The van der Waals surface area contributed by atoms with Gasteiger partial charge < -0.3 is 10.1 Å². The maximum atomic E-state index is 13.4. The molecule has 0 unspecified atom stereocenters.